The van der Waals surface area contributed by atoms with Crippen LogP contribution in [0.15, 0.2) is 36.7 Å². The first-order valence-corrected chi connectivity index (χ1v) is 13.7. The molecule has 6 rings (SSSR count). The van der Waals surface area contributed by atoms with Crippen molar-refractivity contribution >= 4 is 28.9 Å². The van der Waals surface area contributed by atoms with Gasteiger partial charge < -0.3 is 25.4 Å². The highest BCUT2D eigenvalue weighted by atomic mass is 16.6. The van der Waals surface area contributed by atoms with Crippen LogP contribution in [0.1, 0.15) is 43.1 Å². The Morgan fingerprint density at radius 3 is 2.60 bits per heavy atom. The van der Waals surface area contributed by atoms with Crippen molar-refractivity contribution in [2.75, 3.05) is 44.7 Å². The number of rotatable bonds is 6. The number of nitrogens with one attached hydrogen (secondary N) is 1. The number of morpholine rings is 1. The van der Waals surface area contributed by atoms with E-state index in [-0.39, 0.29) is 23.1 Å². The second-order valence-corrected chi connectivity index (χ2v) is 12.0. The number of primary amides is 1. The van der Waals surface area contributed by atoms with E-state index >= 15 is 0 Å². The lowest BCUT2D eigenvalue weighted by molar-refractivity contribution is 0.0272. The topological polar surface area (TPSA) is 136 Å². The van der Waals surface area contributed by atoms with Crippen molar-refractivity contribution in [2.24, 2.45) is 11.7 Å². The maximum absolute atomic E-state index is 12.7. The molecular weight excluding hydrogens is 510 g/mol. The fourth-order valence-electron chi connectivity index (χ4n) is 5.64. The van der Waals surface area contributed by atoms with Gasteiger partial charge >= 0.3 is 6.09 Å². The highest BCUT2D eigenvalue weighted by Gasteiger charge is 2.62. The summed E-state index contributed by atoms with van der Waals surface area (Å²) in [5, 5.41) is 3.55. The van der Waals surface area contributed by atoms with Crippen LogP contribution in [0.4, 0.5) is 10.6 Å². The second-order valence-electron chi connectivity index (χ2n) is 12.0. The van der Waals surface area contributed by atoms with Crippen molar-refractivity contribution in [1.29, 1.82) is 0 Å². The number of carbonyl (C=O) groups is 2. The number of benzene rings is 1. The molecule has 2 unspecified atom stereocenters. The van der Waals surface area contributed by atoms with Gasteiger partial charge in [0.2, 0.25) is 0 Å². The minimum absolute atomic E-state index is 0.280. The van der Waals surface area contributed by atoms with Gasteiger partial charge in [0.1, 0.15) is 23.0 Å². The monoisotopic (exact) mass is 545 g/mol. The first-order valence-electron chi connectivity index (χ1n) is 13.7. The molecule has 1 aliphatic carbocycles. The van der Waals surface area contributed by atoms with Crippen molar-refractivity contribution in [3.8, 4) is 11.3 Å². The van der Waals surface area contributed by atoms with Crippen molar-refractivity contribution in [1.82, 2.24) is 24.8 Å². The number of piperidine rings is 1. The van der Waals surface area contributed by atoms with Crippen molar-refractivity contribution in [3.63, 3.8) is 0 Å². The van der Waals surface area contributed by atoms with Crippen LogP contribution in [-0.4, -0.2) is 87.3 Å². The van der Waals surface area contributed by atoms with E-state index in [1.807, 2.05) is 32.9 Å². The summed E-state index contributed by atoms with van der Waals surface area (Å²) in [4.78, 5) is 43.0. The Labute approximate surface area is 233 Å². The molecule has 0 radical (unpaired) electrons. The third-order valence-corrected chi connectivity index (χ3v) is 7.78. The zero-order chi connectivity index (χ0) is 28.1. The lowest BCUT2D eigenvalue weighted by Gasteiger charge is -2.26. The summed E-state index contributed by atoms with van der Waals surface area (Å²) in [5.74, 6) is 0.219. The molecule has 4 heterocycles. The number of aromatic nitrogens is 3. The zero-order valence-electron chi connectivity index (χ0n) is 23.1. The van der Waals surface area contributed by atoms with Gasteiger partial charge in [-0.2, -0.15) is 0 Å². The summed E-state index contributed by atoms with van der Waals surface area (Å²) in [6.45, 7) is 10.9. The first-order chi connectivity index (χ1) is 19.1. The van der Waals surface area contributed by atoms with Gasteiger partial charge in [-0.25, -0.2) is 19.7 Å². The van der Waals surface area contributed by atoms with Gasteiger partial charge in [0, 0.05) is 44.2 Å². The predicted octanol–water partition coefficient (Wildman–Crippen LogP) is 3.04. The Kier molecular flexibility index (Phi) is 6.58. The highest BCUT2D eigenvalue weighted by Crippen LogP contribution is 2.52. The second kappa shape index (κ2) is 9.97. The summed E-state index contributed by atoms with van der Waals surface area (Å²) < 4.78 is 11.0. The number of likely N-dealkylation sites (tertiary alicyclic amines) is 1. The standard InChI is InChI=1S/C29H35N7O4/c1-28(2,3)40-27(38)36-15-20-13-29(20,16-36)34-26-24-23(31-17-32-26)21(25(30)37)12-22(33-24)19-6-4-18(5-7-19)14-35-8-10-39-11-9-35/h4-7,12,17,20H,8-11,13-16H2,1-3H3,(H2,30,37)(H,31,32,34). The molecule has 11 nitrogen and oxygen atoms in total. The van der Waals surface area contributed by atoms with E-state index in [2.05, 4.69) is 32.3 Å². The molecule has 3 aliphatic rings. The molecule has 2 aliphatic heterocycles. The largest absolute Gasteiger partial charge is 0.444 e. The van der Waals surface area contributed by atoms with Crippen LogP contribution in [0, 0.1) is 5.92 Å². The summed E-state index contributed by atoms with van der Waals surface area (Å²) in [6, 6.07) is 9.88. The molecule has 0 spiro atoms. The fraction of sp³-hybridized carbons (Fsp3) is 0.483. The molecule has 3 N–H and O–H groups in total. The lowest BCUT2D eigenvalue weighted by atomic mass is 10.0. The average Bonchev–Trinajstić information content (AvgIpc) is 3.46. The van der Waals surface area contributed by atoms with Gasteiger partial charge in [0.25, 0.3) is 5.91 Å². The molecule has 210 valence electrons. The Balaban J connectivity index is 1.27. The summed E-state index contributed by atoms with van der Waals surface area (Å²) in [5.41, 5.74) is 8.74. The minimum Gasteiger partial charge on any atom is -0.444 e. The van der Waals surface area contributed by atoms with Gasteiger partial charge in [0.15, 0.2) is 5.82 Å². The highest BCUT2D eigenvalue weighted by molar-refractivity contribution is 6.07. The van der Waals surface area contributed by atoms with Crippen molar-refractivity contribution in [2.45, 2.75) is 44.9 Å². The summed E-state index contributed by atoms with van der Waals surface area (Å²) >= 11 is 0. The van der Waals surface area contributed by atoms with Gasteiger partial charge in [-0.05, 0) is 38.8 Å². The lowest BCUT2D eigenvalue weighted by Crippen LogP contribution is -2.40. The van der Waals surface area contributed by atoms with E-state index in [4.69, 9.17) is 20.2 Å². The van der Waals surface area contributed by atoms with Gasteiger partial charge in [-0.3, -0.25) is 9.69 Å². The quantitative estimate of drug-likeness (QED) is 0.479. The smallest absolute Gasteiger partial charge is 0.410 e. The van der Waals surface area contributed by atoms with Crippen LogP contribution in [-0.2, 0) is 16.0 Å². The Morgan fingerprint density at radius 1 is 1.15 bits per heavy atom. The number of carbonyl (C=O) groups excluding carboxylic acids is 2. The van der Waals surface area contributed by atoms with E-state index in [1.54, 1.807) is 11.0 Å². The van der Waals surface area contributed by atoms with Crippen LogP contribution >= 0.6 is 0 Å². The molecule has 1 aromatic carbocycles. The SMILES string of the molecule is CC(C)(C)OC(=O)N1CC2CC2(Nc2ncnc3c(C(N)=O)cc(-c4ccc(CN5CCOCC5)cc4)nc23)C1. The van der Waals surface area contributed by atoms with E-state index in [0.29, 0.717) is 35.6 Å². The molecule has 3 aromatic rings. The summed E-state index contributed by atoms with van der Waals surface area (Å²) in [6.07, 6.45) is 2.00. The Bertz CT molecular complexity index is 1450. The van der Waals surface area contributed by atoms with Crippen LogP contribution in [0.25, 0.3) is 22.3 Å². The van der Waals surface area contributed by atoms with Crippen molar-refractivity contribution in [3.05, 3.63) is 47.8 Å². The first kappa shape index (κ1) is 26.4. The van der Waals surface area contributed by atoms with Crippen LogP contribution in [0.3, 0.4) is 0 Å². The number of nitrogens with two attached hydrogens (primary N) is 1. The molecule has 2 saturated heterocycles. The fourth-order valence-corrected chi connectivity index (χ4v) is 5.64. The molecule has 11 heteroatoms. The maximum atomic E-state index is 12.7. The van der Waals surface area contributed by atoms with E-state index < -0.39 is 11.5 Å². The zero-order valence-corrected chi connectivity index (χ0v) is 23.1. The van der Waals surface area contributed by atoms with Crippen LogP contribution in [0.2, 0.25) is 0 Å². The maximum Gasteiger partial charge on any atom is 0.410 e. The molecule has 0 bridgehead atoms. The molecule has 2 atom stereocenters. The van der Waals surface area contributed by atoms with Gasteiger partial charge in [-0.1, -0.05) is 24.3 Å². The third kappa shape index (κ3) is 5.31. The number of amides is 2. The minimum atomic E-state index is -0.582. The Morgan fingerprint density at radius 2 is 1.90 bits per heavy atom. The number of pyridine rings is 1. The van der Waals surface area contributed by atoms with Gasteiger partial charge in [0.05, 0.1) is 30.0 Å². The number of hydrogen-bond donors (Lipinski definition) is 2. The summed E-state index contributed by atoms with van der Waals surface area (Å²) in [7, 11) is 0. The molecule has 3 fully saturated rings. The molecule has 2 amide bonds. The van der Waals surface area contributed by atoms with E-state index in [1.165, 1.54) is 11.9 Å². The number of fused-ring (bicyclic) bond motifs is 2. The number of anilines is 1. The molecule has 40 heavy (non-hydrogen) atoms. The number of ether oxygens (including phenoxy) is 2. The third-order valence-electron chi connectivity index (χ3n) is 7.78. The van der Waals surface area contributed by atoms with E-state index in [0.717, 1.165) is 44.8 Å². The number of hydrogen-bond acceptors (Lipinski definition) is 9. The van der Waals surface area contributed by atoms with Crippen LogP contribution in [0.5, 0.6) is 0 Å². The Hall–Kier alpha value is -3.83. The van der Waals surface area contributed by atoms with Gasteiger partial charge in [-0.15, -0.1) is 0 Å². The molecule has 1 saturated carbocycles. The molecular formula is C29H35N7O4. The predicted molar refractivity (Wildman–Crippen MR) is 150 cm³/mol. The normalized spacial score (nSPS) is 22.7. The van der Waals surface area contributed by atoms with E-state index in [9.17, 15) is 9.59 Å². The van der Waals surface area contributed by atoms with Crippen LogP contribution < -0.4 is 11.1 Å². The number of nitrogens with zero attached hydrogens (tertiary/aromatic N) is 5. The van der Waals surface area contributed by atoms with Crippen molar-refractivity contribution < 1.29 is 19.1 Å². The molecule has 2 aromatic heterocycles. The average molecular weight is 546 g/mol.